The van der Waals surface area contributed by atoms with Crippen molar-refractivity contribution in [3.63, 3.8) is 0 Å². The fraction of sp³-hybridized carbons (Fsp3) is 0. The van der Waals surface area contributed by atoms with Crippen molar-refractivity contribution in [2.45, 2.75) is 0 Å². The van der Waals surface area contributed by atoms with Crippen LogP contribution in [0.15, 0.2) is 158 Å². The molecule has 0 N–H and O–H groups in total. The van der Waals surface area contributed by atoms with Gasteiger partial charge in [0.2, 0.25) is 0 Å². The molecule has 228 valence electrons. The first-order valence-electron chi connectivity index (χ1n) is 16.3. The van der Waals surface area contributed by atoms with Crippen LogP contribution in [0.1, 0.15) is 0 Å². The molecule has 49 heavy (non-hydrogen) atoms. The molecule has 7 aromatic carbocycles. The standard InChI is InChI=1S/C44H26N4S/c1-2-11-29(12-3-1)42-46-43(48-44(47-42)32-23-18-27-10-4-5-13-31(27)26-32)30-21-19-28(20-22-30)41-34-15-7-6-14-33(34)39-36(45-41)24-25-38-40(39)35-16-8-9-17-37(35)49-38/h1-26H. The highest BCUT2D eigenvalue weighted by Gasteiger charge is 2.17. The maximum Gasteiger partial charge on any atom is 0.164 e. The Balaban J connectivity index is 1.12. The highest BCUT2D eigenvalue weighted by molar-refractivity contribution is 7.26. The quantitative estimate of drug-likeness (QED) is 0.179. The fourth-order valence-electron chi connectivity index (χ4n) is 6.94. The zero-order valence-electron chi connectivity index (χ0n) is 26.2. The van der Waals surface area contributed by atoms with Gasteiger partial charge in [0.05, 0.1) is 11.2 Å². The van der Waals surface area contributed by atoms with Gasteiger partial charge in [-0.05, 0) is 40.4 Å². The Morgan fingerprint density at radius 2 is 0.939 bits per heavy atom. The van der Waals surface area contributed by atoms with Gasteiger partial charge in [0, 0.05) is 53.2 Å². The number of pyridine rings is 1. The predicted octanol–water partition coefficient (Wildman–Crippen LogP) is 11.8. The van der Waals surface area contributed by atoms with E-state index in [1.165, 1.54) is 36.3 Å². The molecule has 0 atom stereocenters. The zero-order chi connectivity index (χ0) is 32.3. The summed E-state index contributed by atoms with van der Waals surface area (Å²) in [5.41, 5.74) is 5.83. The van der Waals surface area contributed by atoms with Gasteiger partial charge in [-0.2, -0.15) is 0 Å². The van der Waals surface area contributed by atoms with E-state index in [0.717, 1.165) is 44.2 Å². The summed E-state index contributed by atoms with van der Waals surface area (Å²) in [7, 11) is 0. The molecular weight excluding hydrogens is 617 g/mol. The summed E-state index contributed by atoms with van der Waals surface area (Å²) in [6.45, 7) is 0. The predicted molar refractivity (Wildman–Crippen MR) is 205 cm³/mol. The molecule has 0 fully saturated rings. The van der Waals surface area contributed by atoms with E-state index in [2.05, 4.69) is 127 Å². The smallest absolute Gasteiger partial charge is 0.164 e. The van der Waals surface area contributed by atoms with Crippen LogP contribution in [0.5, 0.6) is 0 Å². The third kappa shape index (κ3) is 4.66. The van der Waals surface area contributed by atoms with E-state index in [1.54, 1.807) is 0 Å². The van der Waals surface area contributed by atoms with Gasteiger partial charge >= 0.3 is 0 Å². The molecule has 5 heteroatoms. The molecule has 3 aromatic heterocycles. The molecule has 0 saturated carbocycles. The maximum atomic E-state index is 5.31. The molecule has 0 saturated heterocycles. The van der Waals surface area contributed by atoms with Crippen molar-refractivity contribution in [2.75, 3.05) is 0 Å². The molecule has 10 rings (SSSR count). The van der Waals surface area contributed by atoms with Gasteiger partial charge < -0.3 is 0 Å². The summed E-state index contributed by atoms with van der Waals surface area (Å²) in [5, 5.41) is 8.47. The van der Waals surface area contributed by atoms with Gasteiger partial charge in [0.25, 0.3) is 0 Å². The topological polar surface area (TPSA) is 51.6 Å². The lowest BCUT2D eigenvalue weighted by Gasteiger charge is -2.12. The Morgan fingerprint density at radius 1 is 0.347 bits per heavy atom. The van der Waals surface area contributed by atoms with E-state index in [9.17, 15) is 0 Å². The van der Waals surface area contributed by atoms with Crippen LogP contribution < -0.4 is 0 Å². The first-order chi connectivity index (χ1) is 24.3. The van der Waals surface area contributed by atoms with Crippen LogP contribution in [-0.4, -0.2) is 19.9 Å². The Bertz CT molecular complexity index is 2880. The number of nitrogens with zero attached hydrogens (tertiary/aromatic N) is 4. The summed E-state index contributed by atoms with van der Waals surface area (Å²) in [6.07, 6.45) is 0. The van der Waals surface area contributed by atoms with E-state index >= 15 is 0 Å². The summed E-state index contributed by atoms with van der Waals surface area (Å²) in [6, 6.07) is 55.0. The lowest BCUT2D eigenvalue weighted by Crippen LogP contribution is -2.00. The molecule has 3 heterocycles. The highest BCUT2D eigenvalue weighted by atomic mass is 32.1. The largest absolute Gasteiger partial charge is 0.247 e. The van der Waals surface area contributed by atoms with E-state index in [0.29, 0.717) is 17.5 Å². The molecule has 0 radical (unpaired) electrons. The number of hydrogen-bond acceptors (Lipinski definition) is 5. The van der Waals surface area contributed by atoms with Gasteiger partial charge in [-0.25, -0.2) is 19.9 Å². The Morgan fingerprint density at radius 3 is 1.73 bits per heavy atom. The van der Waals surface area contributed by atoms with Crippen molar-refractivity contribution < 1.29 is 0 Å². The highest BCUT2D eigenvalue weighted by Crippen LogP contribution is 2.42. The summed E-state index contributed by atoms with van der Waals surface area (Å²) in [4.78, 5) is 20.2. The third-order valence-electron chi connectivity index (χ3n) is 9.30. The van der Waals surface area contributed by atoms with Crippen molar-refractivity contribution in [3.05, 3.63) is 158 Å². The molecule has 10 aromatic rings. The van der Waals surface area contributed by atoms with Crippen molar-refractivity contribution in [2.24, 2.45) is 0 Å². The van der Waals surface area contributed by atoms with Crippen LogP contribution in [0.3, 0.4) is 0 Å². The van der Waals surface area contributed by atoms with Crippen LogP contribution in [0.2, 0.25) is 0 Å². The second-order valence-corrected chi connectivity index (χ2v) is 13.3. The molecule has 0 unspecified atom stereocenters. The minimum Gasteiger partial charge on any atom is -0.247 e. The number of hydrogen-bond donors (Lipinski definition) is 0. The van der Waals surface area contributed by atoms with E-state index < -0.39 is 0 Å². The number of rotatable bonds is 4. The van der Waals surface area contributed by atoms with Crippen molar-refractivity contribution in [1.29, 1.82) is 0 Å². The molecule has 0 spiro atoms. The lowest BCUT2D eigenvalue weighted by molar-refractivity contribution is 1.07. The Kier molecular flexibility index (Phi) is 6.32. The number of fused-ring (bicyclic) bond motifs is 8. The third-order valence-corrected chi connectivity index (χ3v) is 10.4. The lowest BCUT2D eigenvalue weighted by atomic mass is 9.97. The average molecular weight is 643 g/mol. The van der Waals surface area contributed by atoms with Crippen LogP contribution in [-0.2, 0) is 0 Å². The monoisotopic (exact) mass is 642 g/mol. The van der Waals surface area contributed by atoms with Crippen molar-refractivity contribution in [3.8, 4) is 45.4 Å². The summed E-state index contributed by atoms with van der Waals surface area (Å²) >= 11 is 1.84. The second kappa shape index (κ2) is 11.2. The Hall–Kier alpha value is -6.30. The van der Waals surface area contributed by atoms with E-state index in [1.807, 2.05) is 41.7 Å². The van der Waals surface area contributed by atoms with Crippen LogP contribution >= 0.6 is 11.3 Å². The molecular formula is C44H26N4S. The van der Waals surface area contributed by atoms with Crippen LogP contribution in [0.25, 0.3) is 98.0 Å². The van der Waals surface area contributed by atoms with Crippen LogP contribution in [0.4, 0.5) is 0 Å². The molecule has 0 aliphatic carbocycles. The average Bonchev–Trinajstić information content (AvgIpc) is 3.56. The first kappa shape index (κ1) is 27.8. The van der Waals surface area contributed by atoms with Gasteiger partial charge in [0.15, 0.2) is 17.5 Å². The first-order valence-corrected chi connectivity index (χ1v) is 17.1. The minimum atomic E-state index is 0.631. The van der Waals surface area contributed by atoms with Crippen molar-refractivity contribution >= 4 is 64.0 Å². The fourth-order valence-corrected chi connectivity index (χ4v) is 8.05. The molecule has 0 aliphatic rings. The zero-order valence-corrected chi connectivity index (χ0v) is 27.0. The van der Waals surface area contributed by atoms with E-state index in [4.69, 9.17) is 19.9 Å². The summed E-state index contributed by atoms with van der Waals surface area (Å²) in [5.74, 6) is 1.92. The maximum absolute atomic E-state index is 5.31. The Labute approximate surface area is 286 Å². The molecule has 0 amide bonds. The number of aromatic nitrogens is 4. The van der Waals surface area contributed by atoms with Gasteiger partial charge in [-0.3, -0.25) is 0 Å². The SMILES string of the molecule is c1ccc(-c2nc(-c3ccc(-c4nc5ccc6sc7ccccc7c6c5c5ccccc45)cc3)nc(-c3ccc4ccccc4c3)n2)cc1. The molecule has 4 nitrogen and oxygen atoms in total. The van der Waals surface area contributed by atoms with E-state index in [-0.39, 0.29) is 0 Å². The van der Waals surface area contributed by atoms with Crippen molar-refractivity contribution in [1.82, 2.24) is 19.9 Å². The van der Waals surface area contributed by atoms with Gasteiger partial charge in [-0.15, -0.1) is 11.3 Å². The minimum absolute atomic E-state index is 0.631. The van der Waals surface area contributed by atoms with Gasteiger partial charge in [-0.1, -0.05) is 133 Å². The number of thiophene rings is 1. The summed E-state index contributed by atoms with van der Waals surface area (Å²) < 4.78 is 2.58. The van der Waals surface area contributed by atoms with Crippen LogP contribution in [0, 0.1) is 0 Å². The second-order valence-electron chi connectivity index (χ2n) is 12.2. The molecule has 0 aliphatic heterocycles. The van der Waals surface area contributed by atoms with Gasteiger partial charge in [0.1, 0.15) is 0 Å². The number of benzene rings is 7. The normalized spacial score (nSPS) is 11.7. The molecule has 0 bridgehead atoms.